The number of rotatable bonds is 4. The fourth-order valence-electron chi connectivity index (χ4n) is 1.78. The lowest BCUT2D eigenvalue weighted by molar-refractivity contribution is -0.114. The van der Waals surface area contributed by atoms with Crippen LogP contribution in [0.3, 0.4) is 0 Å². The molecule has 0 spiro atoms. The van der Waals surface area contributed by atoms with Gasteiger partial charge >= 0.3 is 0 Å². The Morgan fingerprint density at radius 2 is 2.00 bits per heavy atom. The van der Waals surface area contributed by atoms with Crippen molar-refractivity contribution in [3.8, 4) is 11.3 Å². The van der Waals surface area contributed by atoms with E-state index in [2.05, 4.69) is 26.2 Å². The number of carbonyl (C=O) groups is 1. The maximum atomic E-state index is 12.9. The van der Waals surface area contributed by atoms with Crippen molar-refractivity contribution < 1.29 is 18.0 Å². The molecule has 4 nitrogen and oxygen atoms in total. The van der Waals surface area contributed by atoms with E-state index in [-0.39, 0.29) is 10.6 Å². The zero-order valence-corrected chi connectivity index (χ0v) is 12.5. The highest BCUT2D eigenvalue weighted by molar-refractivity contribution is 9.10. The second kappa shape index (κ2) is 6.30. The van der Waals surface area contributed by atoms with E-state index in [1.54, 1.807) is 0 Å². The first-order valence-corrected chi connectivity index (χ1v) is 6.75. The second-order valence-corrected chi connectivity index (χ2v) is 5.02. The number of benzene rings is 1. The molecular formula is C13H11BrF3N3O. The van der Waals surface area contributed by atoms with Crippen LogP contribution >= 0.6 is 15.9 Å². The topological polar surface area (TPSA) is 46.9 Å². The van der Waals surface area contributed by atoms with Crippen molar-refractivity contribution in [3.63, 3.8) is 0 Å². The van der Waals surface area contributed by atoms with Gasteiger partial charge in [-0.05, 0) is 40.2 Å². The molecule has 0 atom stereocenters. The lowest BCUT2D eigenvalue weighted by Crippen LogP contribution is -2.15. The van der Waals surface area contributed by atoms with Gasteiger partial charge in [-0.1, -0.05) is 0 Å². The highest BCUT2D eigenvalue weighted by Gasteiger charge is 2.20. The molecule has 0 saturated carbocycles. The quantitative estimate of drug-likeness (QED) is 0.902. The summed E-state index contributed by atoms with van der Waals surface area (Å²) in [7, 11) is 0. The Kier molecular flexibility index (Phi) is 4.66. The maximum absolute atomic E-state index is 12.9. The van der Waals surface area contributed by atoms with Gasteiger partial charge in [0, 0.05) is 12.5 Å². The molecule has 1 amide bonds. The zero-order chi connectivity index (χ0) is 15.6. The van der Waals surface area contributed by atoms with Crippen LogP contribution in [0.1, 0.15) is 6.92 Å². The third-order valence-corrected chi connectivity index (χ3v) is 3.44. The molecule has 1 heterocycles. The molecule has 0 aliphatic rings. The van der Waals surface area contributed by atoms with E-state index < -0.39 is 24.7 Å². The lowest BCUT2D eigenvalue weighted by atomic mass is 10.2. The molecule has 0 aliphatic heterocycles. The number of aromatic nitrogens is 2. The van der Waals surface area contributed by atoms with Gasteiger partial charge in [0.2, 0.25) is 11.9 Å². The Hall–Kier alpha value is -1.83. The summed E-state index contributed by atoms with van der Waals surface area (Å²) in [6.07, 6.45) is -2.61. The average Bonchev–Trinajstić information content (AvgIpc) is 2.67. The van der Waals surface area contributed by atoms with Crippen molar-refractivity contribution >= 4 is 27.8 Å². The van der Waals surface area contributed by atoms with E-state index in [4.69, 9.17) is 0 Å². The summed E-state index contributed by atoms with van der Waals surface area (Å²) in [6, 6.07) is 5.44. The Labute approximate surface area is 127 Å². The van der Waals surface area contributed by atoms with Crippen LogP contribution in [0.25, 0.3) is 11.3 Å². The maximum Gasteiger partial charge on any atom is 0.256 e. The molecule has 0 fully saturated rings. The molecule has 0 bridgehead atoms. The van der Waals surface area contributed by atoms with Gasteiger partial charge in [0.1, 0.15) is 16.1 Å². The first-order valence-electron chi connectivity index (χ1n) is 5.96. The van der Waals surface area contributed by atoms with Gasteiger partial charge in [-0.2, -0.15) is 0 Å². The number of nitrogens with one attached hydrogen (secondary N) is 1. The molecule has 0 saturated heterocycles. The van der Waals surface area contributed by atoms with Crippen molar-refractivity contribution in [2.45, 2.75) is 19.9 Å². The Bertz CT molecular complexity index is 655. The molecule has 21 heavy (non-hydrogen) atoms. The number of carbonyl (C=O) groups excluding carboxylic acids is 1. The number of amides is 1. The van der Waals surface area contributed by atoms with E-state index in [9.17, 15) is 18.0 Å². The molecule has 1 N–H and O–H groups in total. The van der Waals surface area contributed by atoms with Gasteiger partial charge < -0.3 is 0 Å². The van der Waals surface area contributed by atoms with Crippen LogP contribution in [0.4, 0.5) is 19.1 Å². The average molecular weight is 362 g/mol. The molecule has 2 rings (SSSR count). The summed E-state index contributed by atoms with van der Waals surface area (Å²) in [4.78, 5) is 15.3. The van der Waals surface area contributed by atoms with Crippen molar-refractivity contribution in [2.24, 2.45) is 0 Å². The van der Waals surface area contributed by atoms with E-state index in [0.717, 1.165) is 4.57 Å². The van der Waals surface area contributed by atoms with E-state index in [1.165, 1.54) is 31.2 Å². The first kappa shape index (κ1) is 15.6. The summed E-state index contributed by atoms with van der Waals surface area (Å²) >= 11 is 3.20. The molecular weight excluding hydrogens is 351 g/mol. The van der Waals surface area contributed by atoms with Crippen LogP contribution < -0.4 is 5.32 Å². The number of hydrogen-bond acceptors (Lipinski definition) is 2. The lowest BCUT2D eigenvalue weighted by Gasteiger charge is -2.08. The fourth-order valence-corrected chi connectivity index (χ4v) is 2.41. The number of imidazole rings is 1. The van der Waals surface area contributed by atoms with E-state index in [1.807, 2.05) is 0 Å². The van der Waals surface area contributed by atoms with Gasteiger partial charge in [-0.15, -0.1) is 0 Å². The van der Waals surface area contributed by atoms with Crippen LogP contribution in [-0.2, 0) is 11.3 Å². The SMILES string of the molecule is CC(=O)Nc1nc(-c2ccc(F)cc2)c(Br)n1CC(F)F. The van der Waals surface area contributed by atoms with Gasteiger partial charge in [0.25, 0.3) is 6.43 Å². The normalized spacial score (nSPS) is 11.0. The van der Waals surface area contributed by atoms with Crippen LogP contribution in [0.5, 0.6) is 0 Å². The number of anilines is 1. The molecule has 0 unspecified atom stereocenters. The Morgan fingerprint density at radius 1 is 1.38 bits per heavy atom. The molecule has 8 heteroatoms. The predicted molar refractivity (Wildman–Crippen MR) is 75.6 cm³/mol. The van der Waals surface area contributed by atoms with Crippen LogP contribution in [0.15, 0.2) is 28.9 Å². The molecule has 1 aromatic carbocycles. The van der Waals surface area contributed by atoms with Gasteiger partial charge in [0.05, 0.1) is 6.54 Å². The second-order valence-electron chi connectivity index (χ2n) is 4.26. The fraction of sp³-hybridized carbons (Fsp3) is 0.231. The van der Waals surface area contributed by atoms with E-state index in [0.29, 0.717) is 11.3 Å². The van der Waals surface area contributed by atoms with Gasteiger partial charge in [0.15, 0.2) is 0 Å². The smallest absolute Gasteiger partial charge is 0.256 e. The molecule has 0 aliphatic carbocycles. The minimum atomic E-state index is -2.61. The van der Waals surface area contributed by atoms with Crippen LogP contribution in [0.2, 0.25) is 0 Å². The van der Waals surface area contributed by atoms with E-state index >= 15 is 0 Å². The third-order valence-electron chi connectivity index (χ3n) is 2.63. The highest BCUT2D eigenvalue weighted by Crippen LogP contribution is 2.31. The summed E-state index contributed by atoms with van der Waals surface area (Å²) < 4.78 is 39.7. The van der Waals surface area contributed by atoms with Gasteiger partial charge in [-0.25, -0.2) is 18.2 Å². The monoisotopic (exact) mass is 361 g/mol. The summed E-state index contributed by atoms with van der Waals surface area (Å²) in [5.74, 6) is -0.827. The molecule has 0 radical (unpaired) electrons. The van der Waals surface area contributed by atoms with Gasteiger partial charge in [-0.3, -0.25) is 14.7 Å². The number of alkyl halides is 2. The summed E-state index contributed by atoms with van der Waals surface area (Å²) in [5, 5.41) is 2.40. The van der Waals surface area contributed by atoms with Crippen molar-refractivity contribution in [3.05, 3.63) is 34.7 Å². The van der Waals surface area contributed by atoms with Crippen molar-refractivity contribution in [1.29, 1.82) is 0 Å². The minimum Gasteiger partial charge on any atom is -0.298 e. The Morgan fingerprint density at radius 3 is 2.52 bits per heavy atom. The van der Waals surface area contributed by atoms with Crippen molar-refractivity contribution in [2.75, 3.05) is 5.32 Å². The van der Waals surface area contributed by atoms with Crippen LogP contribution in [-0.4, -0.2) is 21.9 Å². The highest BCUT2D eigenvalue weighted by atomic mass is 79.9. The predicted octanol–water partition coefficient (Wildman–Crippen LogP) is 3.68. The largest absolute Gasteiger partial charge is 0.298 e. The number of hydrogen-bond donors (Lipinski definition) is 1. The molecule has 1 aromatic heterocycles. The number of halogens is 4. The number of nitrogens with zero attached hydrogens (tertiary/aromatic N) is 2. The zero-order valence-electron chi connectivity index (χ0n) is 10.9. The third kappa shape index (κ3) is 3.63. The standard InChI is InChI=1S/C13H11BrF3N3O/c1-7(21)18-13-19-11(8-2-4-9(15)5-3-8)12(14)20(13)6-10(16)17/h2-5,10H,6H2,1H3,(H,18,19,21). The molecule has 112 valence electrons. The minimum absolute atomic E-state index is 0.00833. The summed E-state index contributed by atoms with van der Waals surface area (Å²) in [6.45, 7) is 0.636. The Balaban J connectivity index is 2.49. The van der Waals surface area contributed by atoms with Crippen molar-refractivity contribution in [1.82, 2.24) is 9.55 Å². The molecule has 2 aromatic rings. The van der Waals surface area contributed by atoms with Crippen LogP contribution in [0, 0.1) is 5.82 Å². The first-order chi connectivity index (χ1) is 9.88. The summed E-state index contributed by atoms with van der Waals surface area (Å²) in [5.41, 5.74) is 0.891.